The van der Waals surface area contributed by atoms with E-state index in [-0.39, 0.29) is 5.91 Å². The molecule has 3 aromatic rings. The Labute approximate surface area is 176 Å². The van der Waals surface area contributed by atoms with Crippen LogP contribution in [-0.2, 0) is 6.42 Å². The van der Waals surface area contributed by atoms with Crippen molar-refractivity contribution < 1.29 is 4.79 Å². The first-order chi connectivity index (χ1) is 14.0. The monoisotopic (exact) mass is 408 g/mol. The van der Waals surface area contributed by atoms with Crippen LogP contribution in [0.5, 0.6) is 0 Å². The van der Waals surface area contributed by atoms with Crippen LogP contribution in [0.1, 0.15) is 63.6 Å². The molecule has 3 heterocycles. The number of thiazole rings is 1. The summed E-state index contributed by atoms with van der Waals surface area (Å²) in [6.45, 7) is 7.78. The lowest BCUT2D eigenvalue weighted by Crippen LogP contribution is -2.31. The number of carbonyl (C=O) groups is 1. The molecule has 0 aliphatic carbocycles. The summed E-state index contributed by atoms with van der Waals surface area (Å²) in [6, 6.07) is 10.4. The molecular weight excluding hydrogens is 380 g/mol. The number of carbonyl (C=O) groups excluding carboxylic acids is 1. The second-order valence-electron chi connectivity index (χ2n) is 7.84. The lowest BCUT2D eigenvalue weighted by molar-refractivity contribution is 0.0765. The Morgan fingerprint density at radius 1 is 1.00 bits per heavy atom. The zero-order valence-corrected chi connectivity index (χ0v) is 18.3. The summed E-state index contributed by atoms with van der Waals surface area (Å²) in [6.07, 6.45) is 5.47. The second-order valence-corrected chi connectivity index (χ2v) is 8.82. The first kappa shape index (κ1) is 19.8. The molecule has 0 radical (unpaired) electrons. The molecule has 0 atom stereocenters. The minimum Gasteiger partial charge on any atom is -0.338 e. The Bertz CT molecular complexity index is 998. The lowest BCUT2D eigenvalue weighted by Gasteiger charge is -2.19. The Morgan fingerprint density at radius 2 is 1.69 bits per heavy atom. The van der Waals surface area contributed by atoms with Crippen molar-refractivity contribution in [3.05, 3.63) is 63.4 Å². The van der Waals surface area contributed by atoms with Crippen LogP contribution in [0.25, 0.3) is 5.13 Å². The van der Waals surface area contributed by atoms with Gasteiger partial charge < -0.3 is 4.90 Å². The van der Waals surface area contributed by atoms with E-state index in [1.807, 2.05) is 29.5 Å². The molecule has 1 fully saturated rings. The van der Waals surface area contributed by atoms with Crippen LogP contribution in [0.4, 0.5) is 0 Å². The van der Waals surface area contributed by atoms with Crippen molar-refractivity contribution >= 4 is 17.2 Å². The van der Waals surface area contributed by atoms with Gasteiger partial charge in [0.25, 0.3) is 5.91 Å². The first-order valence-electron chi connectivity index (χ1n) is 10.4. The molecule has 2 aromatic heterocycles. The number of likely N-dealkylation sites (tertiary alicyclic amines) is 1. The number of rotatable bonds is 4. The topological polar surface area (TPSA) is 51.0 Å². The molecule has 0 spiro atoms. The van der Waals surface area contributed by atoms with Gasteiger partial charge in [-0.15, -0.1) is 0 Å². The third kappa shape index (κ3) is 4.13. The Kier molecular flexibility index (Phi) is 5.81. The largest absolute Gasteiger partial charge is 0.338 e. The number of aromatic nitrogens is 3. The summed E-state index contributed by atoms with van der Waals surface area (Å²) in [5, 5.41) is 5.54. The minimum atomic E-state index is 0.124. The SMILES string of the molecule is Cc1nc(-n2nc(C)c(Cc3ccccc3)c2C)sc1C(=O)N1CCCCCC1. The zero-order chi connectivity index (χ0) is 20.4. The fourth-order valence-electron chi connectivity index (χ4n) is 4.01. The highest BCUT2D eigenvalue weighted by molar-refractivity contribution is 7.16. The molecule has 1 aromatic carbocycles. The Morgan fingerprint density at radius 3 is 2.38 bits per heavy atom. The molecular formula is C23H28N4OS. The van der Waals surface area contributed by atoms with Crippen LogP contribution >= 0.6 is 11.3 Å². The first-order valence-corrected chi connectivity index (χ1v) is 11.2. The Hall–Kier alpha value is -2.47. The van der Waals surface area contributed by atoms with Gasteiger partial charge in [-0.1, -0.05) is 54.5 Å². The van der Waals surface area contributed by atoms with E-state index in [1.54, 1.807) is 0 Å². The van der Waals surface area contributed by atoms with E-state index in [1.165, 1.54) is 35.3 Å². The van der Waals surface area contributed by atoms with Crippen LogP contribution in [0.3, 0.4) is 0 Å². The predicted octanol–water partition coefficient (Wildman–Crippen LogP) is 4.86. The van der Waals surface area contributed by atoms with E-state index in [9.17, 15) is 4.79 Å². The third-order valence-corrected chi connectivity index (χ3v) is 6.84. The van der Waals surface area contributed by atoms with Crippen LogP contribution in [-0.4, -0.2) is 38.7 Å². The molecule has 0 saturated carbocycles. The molecule has 0 unspecified atom stereocenters. The maximum atomic E-state index is 13.1. The van der Waals surface area contributed by atoms with Gasteiger partial charge in [0.05, 0.1) is 11.4 Å². The van der Waals surface area contributed by atoms with Gasteiger partial charge >= 0.3 is 0 Å². The van der Waals surface area contributed by atoms with Gasteiger partial charge in [0.15, 0.2) is 0 Å². The van der Waals surface area contributed by atoms with Gasteiger partial charge in [-0.2, -0.15) is 5.10 Å². The standard InChI is InChI=1S/C23H28N4OS/c1-16-20(15-19-11-7-6-8-12-19)18(3)27(25-16)23-24-17(2)21(29-23)22(28)26-13-9-4-5-10-14-26/h6-8,11-12H,4-5,9-10,13-15H2,1-3H3. The molecule has 0 bridgehead atoms. The fourth-order valence-corrected chi connectivity index (χ4v) is 5.04. The molecule has 0 N–H and O–H groups in total. The number of nitrogens with zero attached hydrogens (tertiary/aromatic N) is 4. The molecule has 6 heteroatoms. The third-order valence-electron chi connectivity index (χ3n) is 5.72. The van der Waals surface area contributed by atoms with Crippen molar-refractivity contribution in [1.29, 1.82) is 0 Å². The fraction of sp³-hybridized carbons (Fsp3) is 0.435. The zero-order valence-electron chi connectivity index (χ0n) is 17.4. The number of benzene rings is 1. The summed E-state index contributed by atoms with van der Waals surface area (Å²) in [5.74, 6) is 0.124. The molecule has 1 aliphatic heterocycles. The second kappa shape index (κ2) is 8.49. The lowest BCUT2D eigenvalue weighted by atomic mass is 10.0. The van der Waals surface area contributed by atoms with Gasteiger partial charge in [0.2, 0.25) is 5.13 Å². The summed E-state index contributed by atoms with van der Waals surface area (Å²) in [7, 11) is 0. The molecule has 1 amide bonds. The number of amides is 1. The van der Waals surface area contributed by atoms with Gasteiger partial charge in [0, 0.05) is 30.8 Å². The van der Waals surface area contributed by atoms with E-state index in [4.69, 9.17) is 10.1 Å². The van der Waals surface area contributed by atoms with Gasteiger partial charge in [-0.3, -0.25) is 4.79 Å². The quantitative estimate of drug-likeness (QED) is 0.619. The van der Waals surface area contributed by atoms with Crippen molar-refractivity contribution in [2.45, 2.75) is 52.9 Å². The van der Waals surface area contributed by atoms with E-state index < -0.39 is 0 Å². The molecule has 4 rings (SSSR count). The summed E-state index contributed by atoms with van der Waals surface area (Å²) in [4.78, 5) is 20.5. The average Bonchev–Trinajstić information content (AvgIpc) is 3.09. The molecule has 152 valence electrons. The van der Waals surface area contributed by atoms with Crippen molar-refractivity contribution in [2.75, 3.05) is 13.1 Å². The van der Waals surface area contributed by atoms with E-state index in [2.05, 4.69) is 31.2 Å². The van der Waals surface area contributed by atoms with Crippen molar-refractivity contribution in [1.82, 2.24) is 19.7 Å². The minimum absolute atomic E-state index is 0.124. The average molecular weight is 409 g/mol. The molecule has 5 nitrogen and oxygen atoms in total. The number of hydrogen-bond acceptors (Lipinski definition) is 4. The van der Waals surface area contributed by atoms with Crippen molar-refractivity contribution in [3.63, 3.8) is 0 Å². The maximum absolute atomic E-state index is 13.1. The molecule has 29 heavy (non-hydrogen) atoms. The predicted molar refractivity (Wildman–Crippen MR) is 117 cm³/mol. The van der Waals surface area contributed by atoms with Crippen LogP contribution in [0, 0.1) is 20.8 Å². The number of hydrogen-bond donors (Lipinski definition) is 0. The van der Waals surface area contributed by atoms with E-state index in [0.29, 0.717) is 0 Å². The molecule has 1 aliphatic rings. The normalized spacial score (nSPS) is 14.8. The highest BCUT2D eigenvalue weighted by Crippen LogP contribution is 2.27. The summed E-state index contributed by atoms with van der Waals surface area (Å²) in [5.41, 5.74) is 5.40. The van der Waals surface area contributed by atoms with E-state index in [0.717, 1.165) is 59.4 Å². The molecule has 1 saturated heterocycles. The van der Waals surface area contributed by atoms with Gasteiger partial charge in [-0.05, 0) is 39.2 Å². The van der Waals surface area contributed by atoms with E-state index >= 15 is 0 Å². The van der Waals surface area contributed by atoms with Crippen molar-refractivity contribution in [2.24, 2.45) is 0 Å². The highest BCUT2D eigenvalue weighted by atomic mass is 32.1. The highest BCUT2D eigenvalue weighted by Gasteiger charge is 2.24. The van der Waals surface area contributed by atoms with Crippen LogP contribution in [0.2, 0.25) is 0 Å². The number of aryl methyl sites for hydroxylation is 2. The maximum Gasteiger partial charge on any atom is 0.265 e. The smallest absolute Gasteiger partial charge is 0.265 e. The van der Waals surface area contributed by atoms with Crippen LogP contribution in [0.15, 0.2) is 30.3 Å². The van der Waals surface area contributed by atoms with Gasteiger partial charge in [0.1, 0.15) is 4.88 Å². The Balaban J connectivity index is 1.62. The van der Waals surface area contributed by atoms with Crippen molar-refractivity contribution in [3.8, 4) is 5.13 Å². The van der Waals surface area contributed by atoms with Crippen LogP contribution < -0.4 is 0 Å². The van der Waals surface area contributed by atoms with Gasteiger partial charge in [-0.25, -0.2) is 9.67 Å². The summed E-state index contributed by atoms with van der Waals surface area (Å²) < 4.78 is 1.91. The summed E-state index contributed by atoms with van der Waals surface area (Å²) >= 11 is 1.46.